The first-order valence-electron chi connectivity index (χ1n) is 18.5. The number of esters is 2. The summed E-state index contributed by atoms with van der Waals surface area (Å²) in [7, 11) is 0. The molecule has 0 radical (unpaired) electrons. The number of hydrogen-bond donors (Lipinski definition) is 2. The van der Waals surface area contributed by atoms with Crippen molar-refractivity contribution in [2.45, 2.75) is 142 Å². The lowest BCUT2D eigenvalue weighted by atomic mass is 9.92. The maximum atomic E-state index is 12.2. The highest BCUT2D eigenvalue weighted by Crippen LogP contribution is 2.19. The zero-order valence-electron chi connectivity index (χ0n) is 29.9. The van der Waals surface area contributed by atoms with Crippen LogP contribution in [0.3, 0.4) is 0 Å². The summed E-state index contributed by atoms with van der Waals surface area (Å²) >= 11 is 0. The average molecular weight is 657 g/mol. The zero-order valence-corrected chi connectivity index (χ0v) is 29.9. The Hall–Kier alpha value is -2.70. The van der Waals surface area contributed by atoms with Crippen LogP contribution in [0.4, 0.5) is 0 Å². The number of allylic oxidation sites excluding steroid dienone is 12. The maximum absolute atomic E-state index is 12.2. The Morgan fingerprint density at radius 3 is 1.06 bits per heavy atom. The highest BCUT2D eigenvalue weighted by Gasteiger charge is 2.32. The van der Waals surface area contributed by atoms with Gasteiger partial charge in [-0.1, -0.05) is 112 Å². The fourth-order valence-electron chi connectivity index (χ4n) is 4.53. The number of unbranched alkanes of at least 4 members (excludes halogenated alkanes) is 10. The van der Waals surface area contributed by atoms with Gasteiger partial charge in [0.2, 0.25) is 0 Å². The van der Waals surface area contributed by atoms with E-state index in [0.29, 0.717) is 12.8 Å². The molecule has 0 aliphatic rings. The molecule has 0 heterocycles. The fraction of sp³-hybridized carbons (Fsp3) is 0.659. The molecule has 268 valence electrons. The van der Waals surface area contributed by atoms with E-state index in [1.165, 1.54) is 51.4 Å². The first-order chi connectivity index (χ1) is 23.0. The molecule has 0 bridgehead atoms. The molecule has 0 saturated carbocycles. The van der Waals surface area contributed by atoms with Gasteiger partial charge in [-0.05, 0) is 89.9 Å². The molecule has 0 aliphatic carbocycles. The summed E-state index contributed by atoms with van der Waals surface area (Å²) in [5, 5.41) is 19.7. The molecule has 0 aromatic carbocycles. The van der Waals surface area contributed by atoms with Crippen molar-refractivity contribution >= 4 is 11.9 Å². The van der Waals surface area contributed by atoms with Crippen molar-refractivity contribution in [3.63, 3.8) is 0 Å². The quantitative estimate of drug-likeness (QED) is 0.0425. The standard InChI is InChI=1S/C41H68O6/c1-3-5-7-9-11-13-15-17-19-21-23-25-27-29-31-33-39(44)46-37-41(35-42,36-43)38-47-40(45)34-32-30-28-26-24-22-20-18-16-14-12-10-8-6-4-2/h11-14,17-20,23-26,42-43H,3-10,15-16,21-22,27-38H2,1-2H3/b13-11-,14-12-,19-17-,20-18-,25-23-,26-24-. The molecule has 0 aromatic rings. The maximum Gasteiger partial charge on any atom is 0.305 e. The Bertz CT molecular complexity index is 837. The summed E-state index contributed by atoms with van der Waals surface area (Å²) in [6.45, 7) is 3.15. The summed E-state index contributed by atoms with van der Waals surface area (Å²) in [5.74, 6) is -0.758. The van der Waals surface area contributed by atoms with Crippen molar-refractivity contribution in [1.29, 1.82) is 0 Å². The van der Waals surface area contributed by atoms with E-state index >= 15 is 0 Å². The molecule has 0 amide bonds. The molecule has 0 fully saturated rings. The van der Waals surface area contributed by atoms with Crippen molar-refractivity contribution in [3.8, 4) is 0 Å². The molecule has 47 heavy (non-hydrogen) atoms. The molecule has 0 atom stereocenters. The second-order valence-corrected chi connectivity index (χ2v) is 12.4. The minimum Gasteiger partial charge on any atom is -0.465 e. The van der Waals surface area contributed by atoms with E-state index in [-0.39, 0.29) is 38.0 Å². The summed E-state index contributed by atoms with van der Waals surface area (Å²) in [5.41, 5.74) is -1.20. The monoisotopic (exact) mass is 657 g/mol. The molecule has 0 spiro atoms. The van der Waals surface area contributed by atoms with Crippen LogP contribution in [0.5, 0.6) is 0 Å². The minimum absolute atomic E-state index is 0.194. The van der Waals surface area contributed by atoms with Crippen molar-refractivity contribution in [3.05, 3.63) is 72.9 Å². The molecule has 0 aromatic heterocycles. The van der Waals surface area contributed by atoms with Crippen LogP contribution < -0.4 is 0 Å². The van der Waals surface area contributed by atoms with Gasteiger partial charge in [0.1, 0.15) is 13.2 Å². The summed E-state index contributed by atoms with van der Waals surface area (Å²) in [6, 6.07) is 0. The van der Waals surface area contributed by atoms with E-state index in [2.05, 4.69) is 86.8 Å². The number of carbonyl (C=O) groups is 2. The summed E-state index contributed by atoms with van der Waals surface area (Å²) in [6.07, 6.45) is 45.6. The minimum atomic E-state index is -1.20. The molecule has 0 unspecified atom stereocenters. The summed E-state index contributed by atoms with van der Waals surface area (Å²) in [4.78, 5) is 24.4. The van der Waals surface area contributed by atoms with Gasteiger partial charge in [-0.15, -0.1) is 0 Å². The smallest absolute Gasteiger partial charge is 0.305 e. The Balaban J connectivity index is 3.98. The van der Waals surface area contributed by atoms with Gasteiger partial charge in [-0.2, -0.15) is 0 Å². The van der Waals surface area contributed by atoms with E-state index in [9.17, 15) is 19.8 Å². The Morgan fingerprint density at radius 1 is 0.468 bits per heavy atom. The predicted molar refractivity (Wildman–Crippen MR) is 197 cm³/mol. The van der Waals surface area contributed by atoms with E-state index < -0.39 is 18.6 Å². The van der Waals surface area contributed by atoms with Gasteiger partial charge in [-0.3, -0.25) is 9.59 Å². The predicted octanol–water partition coefficient (Wildman–Crippen LogP) is 10.2. The van der Waals surface area contributed by atoms with Crippen LogP contribution in [0.15, 0.2) is 72.9 Å². The first-order valence-corrected chi connectivity index (χ1v) is 18.5. The van der Waals surface area contributed by atoms with Crippen LogP contribution in [-0.2, 0) is 19.1 Å². The lowest BCUT2D eigenvalue weighted by molar-refractivity contribution is -0.159. The molecular weight excluding hydrogens is 588 g/mol. The first kappa shape index (κ1) is 44.3. The number of aliphatic hydroxyl groups is 2. The third kappa shape index (κ3) is 30.4. The van der Waals surface area contributed by atoms with E-state index in [4.69, 9.17) is 9.47 Å². The number of hydrogen-bond acceptors (Lipinski definition) is 6. The van der Waals surface area contributed by atoms with Gasteiger partial charge in [0.25, 0.3) is 0 Å². The lowest BCUT2D eigenvalue weighted by Crippen LogP contribution is -2.41. The van der Waals surface area contributed by atoms with Gasteiger partial charge in [0.15, 0.2) is 0 Å². The molecule has 2 N–H and O–H groups in total. The third-order valence-electron chi connectivity index (χ3n) is 7.79. The average Bonchev–Trinajstić information content (AvgIpc) is 3.08. The van der Waals surface area contributed by atoms with Crippen molar-refractivity contribution in [2.24, 2.45) is 5.41 Å². The third-order valence-corrected chi connectivity index (χ3v) is 7.79. The summed E-state index contributed by atoms with van der Waals surface area (Å²) < 4.78 is 10.7. The normalized spacial score (nSPS) is 12.7. The second kappa shape index (κ2) is 34.6. The molecule has 0 saturated heterocycles. The zero-order chi connectivity index (χ0) is 34.5. The Kier molecular flexibility index (Phi) is 32.6. The molecule has 0 aliphatic heterocycles. The fourth-order valence-corrected chi connectivity index (χ4v) is 4.53. The van der Waals surface area contributed by atoms with Crippen LogP contribution in [0, 0.1) is 5.41 Å². The Morgan fingerprint density at radius 2 is 0.766 bits per heavy atom. The van der Waals surface area contributed by atoms with Crippen molar-refractivity contribution in [1.82, 2.24) is 0 Å². The number of rotatable bonds is 32. The molecular formula is C41H68O6. The second-order valence-electron chi connectivity index (χ2n) is 12.4. The molecule has 6 nitrogen and oxygen atoms in total. The number of carbonyl (C=O) groups excluding carboxylic acids is 2. The van der Waals surface area contributed by atoms with E-state index in [0.717, 1.165) is 51.4 Å². The van der Waals surface area contributed by atoms with Gasteiger partial charge in [-0.25, -0.2) is 0 Å². The Labute approximate surface area is 287 Å². The van der Waals surface area contributed by atoms with Gasteiger partial charge >= 0.3 is 11.9 Å². The number of aliphatic hydroxyl groups excluding tert-OH is 2. The highest BCUT2D eigenvalue weighted by atomic mass is 16.5. The van der Waals surface area contributed by atoms with Crippen LogP contribution in [-0.4, -0.2) is 48.6 Å². The van der Waals surface area contributed by atoms with Crippen LogP contribution in [0.2, 0.25) is 0 Å². The van der Waals surface area contributed by atoms with E-state index in [1.807, 2.05) is 0 Å². The van der Waals surface area contributed by atoms with Crippen LogP contribution >= 0.6 is 0 Å². The van der Waals surface area contributed by atoms with E-state index in [1.54, 1.807) is 0 Å². The van der Waals surface area contributed by atoms with Crippen molar-refractivity contribution in [2.75, 3.05) is 26.4 Å². The van der Waals surface area contributed by atoms with Gasteiger partial charge in [0, 0.05) is 12.8 Å². The number of ether oxygens (including phenoxy) is 2. The van der Waals surface area contributed by atoms with Gasteiger partial charge in [0.05, 0.1) is 18.6 Å². The van der Waals surface area contributed by atoms with Crippen molar-refractivity contribution < 1.29 is 29.3 Å². The molecule has 6 heteroatoms. The topological polar surface area (TPSA) is 93.1 Å². The lowest BCUT2D eigenvalue weighted by Gasteiger charge is -2.28. The van der Waals surface area contributed by atoms with Crippen LogP contribution in [0.1, 0.15) is 142 Å². The highest BCUT2D eigenvalue weighted by molar-refractivity contribution is 5.69. The van der Waals surface area contributed by atoms with Crippen LogP contribution in [0.25, 0.3) is 0 Å². The largest absolute Gasteiger partial charge is 0.465 e. The SMILES string of the molecule is CCCCC/C=C\C/C=C\C/C=C\CCCCC(=O)OCC(CO)(CO)COC(=O)CCCC/C=C\C/C=C\C/C=C\CCCCC. The van der Waals surface area contributed by atoms with Gasteiger partial charge < -0.3 is 19.7 Å². The molecule has 0 rings (SSSR count).